The molecule has 0 bridgehead atoms. The molecule has 37 heavy (non-hydrogen) atoms. The number of phenolic OH excluding ortho intramolecular Hbond substituents is 1. The Labute approximate surface area is 218 Å². The molecule has 202 valence electrons. The van der Waals surface area contributed by atoms with Crippen LogP contribution in [0.25, 0.3) is 0 Å². The van der Waals surface area contributed by atoms with E-state index in [2.05, 4.69) is 10.6 Å². The zero-order valence-corrected chi connectivity index (χ0v) is 22.7. The third kappa shape index (κ3) is 8.21. The van der Waals surface area contributed by atoms with Gasteiger partial charge in [-0.15, -0.1) is 0 Å². The minimum atomic E-state index is -1.20. The third-order valence-electron chi connectivity index (χ3n) is 5.70. The molecule has 0 aliphatic rings. The van der Waals surface area contributed by atoms with Crippen LogP contribution in [0.3, 0.4) is 0 Å². The fourth-order valence-corrected chi connectivity index (χ4v) is 3.97. The maximum atomic E-state index is 13.9. The number of phenols is 1. The second kappa shape index (κ2) is 12.6. The Hall–Kier alpha value is -3.59. The van der Waals surface area contributed by atoms with Gasteiger partial charge in [0.1, 0.15) is 23.4 Å². The maximum Gasteiger partial charge on any atom is 0.408 e. The van der Waals surface area contributed by atoms with Crippen LogP contribution in [0.5, 0.6) is 5.75 Å². The summed E-state index contributed by atoms with van der Waals surface area (Å²) in [5.74, 6) is -1.52. The van der Waals surface area contributed by atoms with Gasteiger partial charge in [-0.05, 0) is 69.4 Å². The molecule has 4 N–H and O–H groups in total. The fourth-order valence-electron chi connectivity index (χ4n) is 3.97. The first kappa shape index (κ1) is 29.6. The first-order valence-corrected chi connectivity index (χ1v) is 12.3. The van der Waals surface area contributed by atoms with Gasteiger partial charge in [0.15, 0.2) is 0 Å². The molecule has 0 heterocycles. The van der Waals surface area contributed by atoms with Gasteiger partial charge in [0, 0.05) is 12.2 Å². The number of benzene rings is 2. The van der Waals surface area contributed by atoms with Crippen molar-refractivity contribution in [3.63, 3.8) is 0 Å². The van der Waals surface area contributed by atoms with E-state index < -0.39 is 42.2 Å². The Bertz CT molecular complexity index is 1090. The Morgan fingerprint density at radius 2 is 1.62 bits per heavy atom. The number of amides is 3. The summed E-state index contributed by atoms with van der Waals surface area (Å²) in [6, 6.07) is 9.43. The van der Waals surface area contributed by atoms with Gasteiger partial charge in [0.05, 0.1) is 6.61 Å². The van der Waals surface area contributed by atoms with Gasteiger partial charge in [-0.1, -0.05) is 44.2 Å². The number of rotatable bonds is 9. The maximum absolute atomic E-state index is 13.9. The summed E-state index contributed by atoms with van der Waals surface area (Å²) in [6.07, 6.45) is -0.766. The lowest BCUT2D eigenvalue weighted by Gasteiger charge is -2.35. The van der Waals surface area contributed by atoms with Gasteiger partial charge in [-0.25, -0.2) is 4.79 Å². The van der Waals surface area contributed by atoms with Crippen molar-refractivity contribution in [1.82, 2.24) is 10.2 Å². The fraction of sp³-hybridized carbons (Fsp3) is 0.464. The number of carbonyl (C=O) groups is 3. The van der Waals surface area contributed by atoms with E-state index in [0.717, 1.165) is 11.1 Å². The Morgan fingerprint density at radius 3 is 2.14 bits per heavy atom. The number of aliphatic hydroxyl groups is 1. The van der Waals surface area contributed by atoms with E-state index in [1.54, 1.807) is 46.8 Å². The van der Waals surface area contributed by atoms with Crippen molar-refractivity contribution in [2.24, 2.45) is 5.92 Å². The highest BCUT2D eigenvalue weighted by atomic mass is 16.6. The van der Waals surface area contributed by atoms with Crippen molar-refractivity contribution >= 4 is 23.6 Å². The van der Waals surface area contributed by atoms with E-state index in [1.165, 1.54) is 17.0 Å². The first-order valence-electron chi connectivity index (χ1n) is 12.3. The highest BCUT2D eigenvalue weighted by Gasteiger charge is 2.37. The molecular weight excluding hydrogens is 474 g/mol. The number of aromatic hydroxyl groups is 1. The van der Waals surface area contributed by atoms with Crippen molar-refractivity contribution in [2.45, 2.75) is 66.2 Å². The monoisotopic (exact) mass is 513 g/mol. The molecule has 0 saturated heterocycles. The summed E-state index contributed by atoms with van der Waals surface area (Å²) in [5, 5.41) is 25.5. The Morgan fingerprint density at radius 1 is 1.03 bits per heavy atom. The van der Waals surface area contributed by atoms with E-state index in [0.29, 0.717) is 11.3 Å². The Balaban J connectivity index is 2.53. The highest BCUT2D eigenvalue weighted by Crippen LogP contribution is 2.29. The van der Waals surface area contributed by atoms with E-state index >= 15 is 0 Å². The molecule has 2 atom stereocenters. The standard InChI is InChI=1S/C28H39N3O6/c1-17(2)22(30-27(36)37-28(5,6)7)26(35)31(14-15-32)24(20-12-9-13-21(33)16-20)25(34)29-23-18(3)10-8-11-19(23)4/h8-13,16-17,22,24,32-33H,14-15H2,1-7H3,(H,29,34)(H,30,36). The number of ether oxygens (including phenoxy) is 1. The highest BCUT2D eigenvalue weighted by molar-refractivity contribution is 6.00. The number of nitrogens with zero attached hydrogens (tertiary/aromatic N) is 1. The number of hydrogen-bond donors (Lipinski definition) is 4. The van der Waals surface area contributed by atoms with Crippen molar-refractivity contribution in [2.75, 3.05) is 18.5 Å². The largest absolute Gasteiger partial charge is 0.508 e. The molecule has 9 heteroatoms. The molecule has 2 rings (SSSR count). The van der Waals surface area contributed by atoms with Gasteiger partial charge in [0.2, 0.25) is 5.91 Å². The molecule has 0 saturated carbocycles. The van der Waals surface area contributed by atoms with Crippen LogP contribution in [0.1, 0.15) is 57.4 Å². The molecule has 0 aromatic heterocycles. The minimum Gasteiger partial charge on any atom is -0.508 e. The summed E-state index contributed by atoms with van der Waals surface area (Å²) in [4.78, 5) is 41.4. The number of carbonyl (C=O) groups excluding carboxylic acids is 3. The van der Waals surface area contributed by atoms with Crippen LogP contribution < -0.4 is 10.6 Å². The zero-order valence-electron chi connectivity index (χ0n) is 22.7. The number of anilines is 1. The third-order valence-corrected chi connectivity index (χ3v) is 5.70. The van der Waals surface area contributed by atoms with Crippen LogP contribution in [-0.4, -0.2) is 57.8 Å². The van der Waals surface area contributed by atoms with Crippen LogP contribution in [0.4, 0.5) is 10.5 Å². The summed E-state index contributed by atoms with van der Waals surface area (Å²) in [5.41, 5.74) is 1.88. The lowest BCUT2D eigenvalue weighted by atomic mass is 9.98. The topological polar surface area (TPSA) is 128 Å². The number of alkyl carbamates (subject to hydrolysis) is 1. The Kier molecular flexibility index (Phi) is 10.1. The van der Waals surface area contributed by atoms with Crippen molar-refractivity contribution in [3.8, 4) is 5.75 Å². The first-order chi connectivity index (χ1) is 17.2. The van der Waals surface area contributed by atoms with Gasteiger partial charge < -0.3 is 30.5 Å². The van der Waals surface area contributed by atoms with E-state index in [9.17, 15) is 24.6 Å². The normalized spacial score (nSPS) is 13.0. The van der Waals surface area contributed by atoms with E-state index in [4.69, 9.17) is 4.74 Å². The smallest absolute Gasteiger partial charge is 0.408 e. The van der Waals surface area contributed by atoms with Crippen molar-refractivity contribution in [1.29, 1.82) is 0 Å². The lowest BCUT2D eigenvalue weighted by molar-refractivity contribution is -0.142. The molecule has 0 aliphatic heterocycles. The molecular formula is C28H39N3O6. The summed E-state index contributed by atoms with van der Waals surface area (Å²) in [7, 11) is 0. The number of aliphatic hydroxyl groups excluding tert-OH is 1. The van der Waals surface area contributed by atoms with Gasteiger partial charge in [0.25, 0.3) is 5.91 Å². The van der Waals surface area contributed by atoms with Crippen molar-refractivity contribution in [3.05, 3.63) is 59.2 Å². The molecule has 2 aromatic carbocycles. The second-order valence-corrected chi connectivity index (χ2v) is 10.4. The predicted molar refractivity (Wildman–Crippen MR) is 142 cm³/mol. The van der Waals surface area contributed by atoms with Crippen LogP contribution >= 0.6 is 0 Å². The van der Waals surface area contributed by atoms with Gasteiger partial charge in [-0.2, -0.15) is 0 Å². The van der Waals surface area contributed by atoms with Crippen LogP contribution in [0.2, 0.25) is 0 Å². The number of aryl methyl sites for hydroxylation is 2. The minimum absolute atomic E-state index is 0.0777. The van der Waals surface area contributed by atoms with Gasteiger partial charge >= 0.3 is 6.09 Å². The molecule has 2 unspecified atom stereocenters. The number of hydrogen-bond acceptors (Lipinski definition) is 6. The summed E-state index contributed by atoms with van der Waals surface area (Å²) >= 11 is 0. The molecule has 3 amide bonds. The van der Waals surface area contributed by atoms with E-state index in [1.807, 2.05) is 32.0 Å². The average Bonchev–Trinajstić information content (AvgIpc) is 2.78. The van der Waals surface area contributed by atoms with Crippen LogP contribution in [-0.2, 0) is 14.3 Å². The van der Waals surface area contributed by atoms with Crippen LogP contribution in [0, 0.1) is 19.8 Å². The molecule has 2 aromatic rings. The van der Waals surface area contributed by atoms with Crippen LogP contribution in [0.15, 0.2) is 42.5 Å². The average molecular weight is 514 g/mol. The molecule has 0 aliphatic carbocycles. The lowest BCUT2D eigenvalue weighted by Crippen LogP contribution is -2.55. The zero-order chi connectivity index (χ0) is 27.9. The summed E-state index contributed by atoms with van der Waals surface area (Å²) in [6.45, 7) is 11.8. The molecule has 0 radical (unpaired) electrons. The number of nitrogens with one attached hydrogen (secondary N) is 2. The number of para-hydroxylation sites is 1. The SMILES string of the molecule is Cc1cccc(C)c1NC(=O)C(c1cccc(O)c1)N(CCO)C(=O)C(NC(=O)OC(C)(C)C)C(C)C. The molecule has 0 spiro atoms. The van der Waals surface area contributed by atoms with Gasteiger partial charge in [-0.3, -0.25) is 9.59 Å². The quantitative estimate of drug-likeness (QED) is 0.400. The van der Waals surface area contributed by atoms with Crippen molar-refractivity contribution < 1.29 is 29.3 Å². The summed E-state index contributed by atoms with van der Waals surface area (Å²) < 4.78 is 5.34. The van der Waals surface area contributed by atoms with E-state index in [-0.39, 0.29) is 18.2 Å². The molecule has 0 fully saturated rings. The predicted octanol–water partition coefficient (Wildman–Crippen LogP) is 4.06. The second-order valence-electron chi connectivity index (χ2n) is 10.4. The molecule has 9 nitrogen and oxygen atoms in total.